The highest BCUT2D eigenvalue weighted by molar-refractivity contribution is 5.67. The summed E-state index contributed by atoms with van der Waals surface area (Å²) >= 11 is 0. The third-order valence-electron chi connectivity index (χ3n) is 9.54. The Bertz CT molecular complexity index is 968. The second-order valence-corrected chi connectivity index (χ2v) is 11.7. The van der Waals surface area contributed by atoms with E-state index in [0.29, 0.717) is 11.8 Å². The fourth-order valence-electron chi connectivity index (χ4n) is 6.97. The number of rotatable bonds is 5. The van der Waals surface area contributed by atoms with Crippen LogP contribution in [0.25, 0.3) is 5.57 Å². The van der Waals surface area contributed by atoms with E-state index in [4.69, 9.17) is 0 Å². The topological polar surface area (TPSA) is 0 Å². The van der Waals surface area contributed by atoms with Crippen LogP contribution >= 0.6 is 0 Å². The SMILES string of the molecule is CCC1CCC(c2ccc(C3=CCC(c4ccc(C5CCC(C)CC5)c(F)c4)CC3)cc2)CC1. The van der Waals surface area contributed by atoms with E-state index in [2.05, 4.69) is 56.3 Å². The molecular formula is C33H43F. The number of hydrogen-bond donors (Lipinski definition) is 0. The van der Waals surface area contributed by atoms with E-state index >= 15 is 4.39 Å². The van der Waals surface area contributed by atoms with Gasteiger partial charge in [-0.1, -0.05) is 75.6 Å². The molecule has 0 amide bonds. The van der Waals surface area contributed by atoms with Crippen LogP contribution in [0.4, 0.5) is 4.39 Å². The van der Waals surface area contributed by atoms with Crippen molar-refractivity contribution < 1.29 is 4.39 Å². The lowest BCUT2D eigenvalue weighted by atomic mass is 9.77. The number of hydrogen-bond acceptors (Lipinski definition) is 0. The maximum Gasteiger partial charge on any atom is 0.126 e. The average Bonchev–Trinajstić information content (AvgIpc) is 2.89. The largest absolute Gasteiger partial charge is 0.207 e. The standard InChI is InChI=1S/C33H43F/c1-3-24-6-10-25(11-7-24)26-12-14-27(15-13-26)28-16-18-29(19-17-28)31-20-21-32(33(34)22-31)30-8-4-23(2)5-9-30/h12-16,20-25,29-30H,3-11,17-19H2,1-2H3. The summed E-state index contributed by atoms with van der Waals surface area (Å²) in [6.45, 7) is 4.67. The molecule has 1 heteroatoms. The Morgan fingerprint density at radius 1 is 0.735 bits per heavy atom. The van der Waals surface area contributed by atoms with E-state index < -0.39 is 0 Å². The quantitative estimate of drug-likeness (QED) is 0.418. The Hall–Kier alpha value is -1.89. The zero-order valence-corrected chi connectivity index (χ0v) is 21.4. The van der Waals surface area contributed by atoms with E-state index in [9.17, 15) is 0 Å². The summed E-state index contributed by atoms with van der Waals surface area (Å²) in [5.41, 5.74) is 6.56. The highest BCUT2D eigenvalue weighted by Gasteiger charge is 2.25. The van der Waals surface area contributed by atoms with Crippen molar-refractivity contribution in [2.75, 3.05) is 0 Å². The van der Waals surface area contributed by atoms with Gasteiger partial charge in [0.2, 0.25) is 0 Å². The van der Waals surface area contributed by atoms with Crippen molar-refractivity contribution in [3.8, 4) is 0 Å². The first kappa shape index (κ1) is 23.8. The van der Waals surface area contributed by atoms with Gasteiger partial charge in [-0.2, -0.15) is 0 Å². The summed E-state index contributed by atoms with van der Waals surface area (Å²) in [7, 11) is 0. The molecule has 1 unspecified atom stereocenters. The second kappa shape index (κ2) is 10.8. The Morgan fingerprint density at radius 2 is 1.41 bits per heavy atom. The summed E-state index contributed by atoms with van der Waals surface area (Å²) in [6, 6.07) is 15.7. The molecule has 0 bridgehead atoms. The van der Waals surface area contributed by atoms with Gasteiger partial charge in [0.25, 0.3) is 0 Å². The lowest BCUT2D eigenvalue weighted by Crippen LogP contribution is -2.13. The van der Waals surface area contributed by atoms with Crippen molar-refractivity contribution in [2.45, 2.75) is 109 Å². The Kier molecular flexibility index (Phi) is 7.57. The molecule has 0 heterocycles. The maximum absolute atomic E-state index is 15.0. The van der Waals surface area contributed by atoms with Gasteiger partial charge in [-0.15, -0.1) is 0 Å². The molecule has 0 radical (unpaired) electrons. The van der Waals surface area contributed by atoms with E-state index in [-0.39, 0.29) is 5.82 Å². The summed E-state index contributed by atoms with van der Waals surface area (Å²) < 4.78 is 15.0. The van der Waals surface area contributed by atoms with Crippen molar-refractivity contribution >= 4 is 5.57 Å². The molecule has 5 rings (SSSR count). The van der Waals surface area contributed by atoms with Crippen LogP contribution in [-0.4, -0.2) is 0 Å². The summed E-state index contributed by atoms with van der Waals surface area (Å²) in [5.74, 6) is 3.43. The van der Waals surface area contributed by atoms with Gasteiger partial charge >= 0.3 is 0 Å². The average molecular weight is 459 g/mol. The third-order valence-corrected chi connectivity index (χ3v) is 9.54. The van der Waals surface area contributed by atoms with Crippen molar-refractivity contribution in [3.63, 3.8) is 0 Å². The van der Waals surface area contributed by atoms with Crippen LogP contribution < -0.4 is 0 Å². The molecule has 3 aliphatic carbocycles. The highest BCUT2D eigenvalue weighted by atomic mass is 19.1. The maximum atomic E-state index is 15.0. The van der Waals surface area contributed by atoms with Gasteiger partial charge in [0, 0.05) is 0 Å². The fraction of sp³-hybridized carbons (Fsp3) is 0.576. The highest BCUT2D eigenvalue weighted by Crippen LogP contribution is 2.41. The van der Waals surface area contributed by atoms with E-state index in [1.807, 2.05) is 6.07 Å². The molecule has 0 spiro atoms. The first-order chi connectivity index (χ1) is 16.6. The van der Waals surface area contributed by atoms with Gasteiger partial charge < -0.3 is 0 Å². The van der Waals surface area contributed by atoms with Crippen LogP contribution in [0, 0.1) is 17.7 Å². The van der Waals surface area contributed by atoms with Gasteiger partial charge in [0.05, 0.1) is 0 Å². The van der Waals surface area contributed by atoms with E-state index in [1.54, 1.807) is 0 Å². The van der Waals surface area contributed by atoms with Gasteiger partial charge in [0.1, 0.15) is 5.82 Å². The van der Waals surface area contributed by atoms with Gasteiger partial charge in [-0.25, -0.2) is 4.39 Å². The van der Waals surface area contributed by atoms with Crippen molar-refractivity contribution in [1.29, 1.82) is 0 Å². The van der Waals surface area contributed by atoms with E-state index in [1.165, 1.54) is 67.2 Å². The molecule has 2 saturated carbocycles. The monoisotopic (exact) mass is 458 g/mol. The van der Waals surface area contributed by atoms with Crippen LogP contribution in [0.2, 0.25) is 0 Å². The number of allylic oxidation sites excluding steroid dienone is 2. The molecule has 0 saturated heterocycles. The zero-order chi connectivity index (χ0) is 23.5. The molecule has 1 atom stereocenters. The zero-order valence-electron chi connectivity index (χ0n) is 21.4. The predicted octanol–water partition coefficient (Wildman–Crippen LogP) is 10.2. The van der Waals surface area contributed by atoms with Crippen LogP contribution in [0.3, 0.4) is 0 Å². The Labute approximate surface area is 207 Å². The molecule has 0 aliphatic heterocycles. The fourth-order valence-corrected chi connectivity index (χ4v) is 6.97. The summed E-state index contributed by atoms with van der Waals surface area (Å²) in [4.78, 5) is 0. The smallest absolute Gasteiger partial charge is 0.126 e. The number of halogens is 1. The molecule has 2 aromatic carbocycles. The molecule has 2 fully saturated rings. The molecule has 0 N–H and O–H groups in total. The first-order valence-electron chi connectivity index (χ1n) is 14.2. The molecule has 34 heavy (non-hydrogen) atoms. The summed E-state index contributed by atoms with van der Waals surface area (Å²) in [5, 5.41) is 0. The minimum absolute atomic E-state index is 0.0374. The minimum atomic E-state index is 0.0374. The Balaban J connectivity index is 1.20. The second-order valence-electron chi connectivity index (χ2n) is 11.7. The van der Waals surface area contributed by atoms with Crippen LogP contribution in [0.15, 0.2) is 48.5 Å². The van der Waals surface area contributed by atoms with Crippen LogP contribution in [-0.2, 0) is 0 Å². The first-order valence-corrected chi connectivity index (χ1v) is 14.2. The normalized spacial score (nSPS) is 30.1. The summed E-state index contributed by atoms with van der Waals surface area (Å²) in [6.07, 6.45) is 17.3. The third kappa shape index (κ3) is 5.34. The predicted molar refractivity (Wildman–Crippen MR) is 143 cm³/mol. The van der Waals surface area contributed by atoms with Gasteiger partial charge in [-0.05, 0) is 121 Å². The van der Waals surface area contributed by atoms with Gasteiger partial charge in [0.15, 0.2) is 0 Å². The van der Waals surface area contributed by atoms with Crippen LogP contribution in [0.5, 0.6) is 0 Å². The minimum Gasteiger partial charge on any atom is -0.207 e. The van der Waals surface area contributed by atoms with Crippen molar-refractivity contribution in [1.82, 2.24) is 0 Å². The molecule has 3 aliphatic rings. The van der Waals surface area contributed by atoms with Crippen LogP contribution in [0.1, 0.15) is 131 Å². The molecule has 2 aromatic rings. The van der Waals surface area contributed by atoms with Gasteiger partial charge in [-0.3, -0.25) is 0 Å². The van der Waals surface area contributed by atoms with Crippen molar-refractivity contribution in [3.05, 3.63) is 76.6 Å². The van der Waals surface area contributed by atoms with Crippen molar-refractivity contribution in [2.24, 2.45) is 11.8 Å². The van der Waals surface area contributed by atoms with E-state index in [0.717, 1.165) is 55.4 Å². The lowest BCUT2D eigenvalue weighted by Gasteiger charge is -2.28. The molecule has 0 nitrogen and oxygen atoms in total. The lowest BCUT2D eigenvalue weighted by molar-refractivity contribution is 0.319. The molecule has 0 aromatic heterocycles. The number of benzene rings is 2. The molecule has 182 valence electrons. The Morgan fingerprint density at radius 3 is 2.03 bits per heavy atom. The molecular weight excluding hydrogens is 415 g/mol.